The van der Waals surface area contributed by atoms with Crippen molar-refractivity contribution in [1.82, 2.24) is 4.90 Å². The highest BCUT2D eigenvalue weighted by atomic mass is 16.5. The second-order valence-electron chi connectivity index (χ2n) is 5.45. The van der Waals surface area contributed by atoms with Crippen LogP contribution < -0.4 is 0 Å². The van der Waals surface area contributed by atoms with Crippen LogP contribution in [0.5, 0.6) is 0 Å². The normalized spacial score (nSPS) is 27.2. The van der Waals surface area contributed by atoms with E-state index in [2.05, 4.69) is 4.90 Å². The van der Waals surface area contributed by atoms with Gasteiger partial charge in [0, 0.05) is 32.2 Å². The van der Waals surface area contributed by atoms with Gasteiger partial charge >= 0.3 is 5.97 Å². The molecule has 1 saturated heterocycles. The zero-order chi connectivity index (χ0) is 12.3. The number of carboxylic acid groups (broad SMARTS) is 1. The lowest BCUT2D eigenvalue weighted by atomic mass is 9.63. The van der Waals surface area contributed by atoms with E-state index in [1.54, 1.807) is 0 Å². The van der Waals surface area contributed by atoms with Gasteiger partial charge < -0.3 is 14.7 Å². The molecule has 4 heteroatoms. The molecule has 0 aromatic carbocycles. The average Bonchev–Trinajstić information content (AvgIpc) is 2.62. The standard InChI is InChI=1S/C13H23NO3/c1-2-17-9-11-8-14(7-4-12(15)16)10-13(11)5-3-6-13/h11H,2-10H2,1H3,(H,15,16). The summed E-state index contributed by atoms with van der Waals surface area (Å²) >= 11 is 0. The van der Waals surface area contributed by atoms with Crippen molar-refractivity contribution in [3.63, 3.8) is 0 Å². The smallest absolute Gasteiger partial charge is 0.304 e. The van der Waals surface area contributed by atoms with Gasteiger partial charge in [0.1, 0.15) is 0 Å². The lowest BCUT2D eigenvalue weighted by molar-refractivity contribution is -0.137. The summed E-state index contributed by atoms with van der Waals surface area (Å²) in [6.07, 6.45) is 4.19. The van der Waals surface area contributed by atoms with Crippen LogP contribution in [-0.4, -0.2) is 48.8 Å². The second-order valence-corrected chi connectivity index (χ2v) is 5.45. The average molecular weight is 241 g/mol. The predicted molar refractivity (Wildman–Crippen MR) is 65.0 cm³/mol. The van der Waals surface area contributed by atoms with E-state index in [1.165, 1.54) is 19.3 Å². The minimum Gasteiger partial charge on any atom is -0.481 e. The van der Waals surface area contributed by atoms with Crippen LogP contribution in [0.25, 0.3) is 0 Å². The van der Waals surface area contributed by atoms with Crippen LogP contribution in [0.15, 0.2) is 0 Å². The molecule has 0 bridgehead atoms. The molecular formula is C13H23NO3. The lowest BCUT2D eigenvalue weighted by Crippen LogP contribution is -2.39. The van der Waals surface area contributed by atoms with Crippen LogP contribution in [0.1, 0.15) is 32.6 Å². The Hall–Kier alpha value is -0.610. The number of aliphatic carboxylic acids is 1. The number of ether oxygens (including phenoxy) is 1. The third kappa shape index (κ3) is 2.80. The van der Waals surface area contributed by atoms with Crippen molar-refractivity contribution >= 4 is 5.97 Å². The molecule has 0 radical (unpaired) electrons. The molecule has 1 saturated carbocycles. The van der Waals surface area contributed by atoms with Gasteiger partial charge in [-0.3, -0.25) is 4.79 Å². The summed E-state index contributed by atoms with van der Waals surface area (Å²) in [4.78, 5) is 12.9. The number of hydrogen-bond acceptors (Lipinski definition) is 3. The maximum absolute atomic E-state index is 10.6. The molecule has 1 N–H and O–H groups in total. The molecule has 2 rings (SSSR count). The van der Waals surface area contributed by atoms with Crippen LogP contribution in [0.4, 0.5) is 0 Å². The summed E-state index contributed by atoms with van der Waals surface area (Å²) in [6, 6.07) is 0. The maximum atomic E-state index is 10.6. The van der Waals surface area contributed by atoms with E-state index in [4.69, 9.17) is 9.84 Å². The molecule has 2 aliphatic rings. The Bertz CT molecular complexity index is 276. The monoisotopic (exact) mass is 241 g/mol. The molecule has 1 aliphatic heterocycles. The first-order valence-corrected chi connectivity index (χ1v) is 6.68. The van der Waals surface area contributed by atoms with Crippen LogP contribution in [0.2, 0.25) is 0 Å². The summed E-state index contributed by atoms with van der Waals surface area (Å²) in [5, 5.41) is 8.73. The molecule has 0 amide bonds. The highest BCUT2D eigenvalue weighted by molar-refractivity contribution is 5.66. The number of nitrogens with zero attached hydrogens (tertiary/aromatic N) is 1. The summed E-state index contributed by atoms with van der Waals surface area (Å²) in [7, 11) is 0. The van der Waals surface area contributed by atoms with Crippen molar-refractivity contribution < 1.29 is 14.6 Å². The minimum absolute atomic E-state index is 0.261. The summed E-state index contributed by atoms with van der Waals surface area (Å²) in [5.74, 6) is -0.0779. The number of likely N-dealkylation sites (tertiary alicyclic amines) is 1. The number of rotatable bonds is 6. The topological polar surface area (TPSA) is 49.8 Å². The largest absolute Gasteiger partial charge is 0.481 e. The molecule has 4 nitrogen and oxygen atoms in total. The Kier molecular flexibility index (Phi) is 4.05. The van der Waals surface area contributed by atoms with E-state index in [-0.39, 0.29) is 6.42 Å². The van der Waals surface area contributed by atoms with Gasteiger partial charge in [0.2, 0.25) is 0 Å². The first-order valence-electron chi connectivity index (χ1n) is 6.68. The third-order valence-corrected chi connectivity index (χ3v) is 4.40. The van der Waals surface area contributed by atoms with E-state index in [9.17, 15) is 4.79 Å². The van der Waals surface area contributed by atoms with Crippen molar-refractivity contribution in [2.45, 2.75) is 32.6 Å². The molecule has 0 aromatic rings. The zero-order valence-electron chi connectivity index (χ0n) is 10.7. The van der Waals surface area contributed by atoms with Gasteiger partial charge in [-0.1, -0.05) is 6.42 Å². The first kappa shape index (κ1) is 12.8. The molecule has 0 aromatic heterocycles. The van der Waals surface area contributed by atoms with E-state index in [0.717, 1.165) is 26.3 Å². The van der Waals surface area contributed by atoms with Gasteiger partial charge in [0.15, 0.2) is 0 Å². The number of carbonyl (C=O) groups is 1. The Labute approximate surface area is 103 Å². The molecule has 1 heterocycles. The Balaban J connectivity index is 1.86. The zero-order valence-corrected chi connectivity index (χ0v) is 10.7. The summed E-state index contributed by atoms with van der Waals surface area (Å²) in [5.41, 5.74) is 0.452. The van der Waals surface area contributed by atoms with Crippen LogP contribution >= 0.6 is 0 Å². The fraction of sp³-hybridized carbons (Fsp3) is 0.923. The highest BCUT2D eigenvalue weighted by Crippen LogP contribution is 2.51. The molecular weight excluding hydrogens is 218 g/mol. The van der Waals surface area contributed by atoms with E-state index < -0.39 is 5.97 Å². The molecule has 1 spiro atoms. The molecule has 1 atom stereocenters. The van der Waals surface area contributed by atoms with Gasteiger partial charge in [-0.15, -0.1) is 0 Å². The molecule has 98 valence electrons. The van der Waals surface area contributed by atoms with Gasteiger partial charge in [-0.25, -0.2) is 0 Å². The summed E-state index contributed by atoms with van der Waals surface area (Å²) < 4.78 is 5.58. The number of carboxylic acids is 1. The van der Waals surface area contributed by atoms with Gasteiger partial charge in [0.25, 0.3) is 0 Å². The van der Waals surface area contributed by atoms with Gasteiger partial charge in [-0.05, 0) is 25.2 Å². The van der Waals surface area contributed by atoms with Crippen molar-refractivity contribution in [3.8, 4) is 0 Å². The van der Waals surface area contributed by atoms with Gasteiger partial charge in [0.05, 0.1) is 13.0 Å². The number of hydrogen-bond donors (Lipinski definition) is 1. The highest BCUT2D eigenvalue weighted by Gasteiger charge is 2.49. The fourth-order valence-corrected chi connectivity index (χ4v) is 3.26. The molecule has 1 unspecified atom stereocenters. The fourth-order valence-electron chi connectivity index (χ4n) is 3.26. The molecule has 17 heavy (non-hydrogen) atoms. The van der Waals surface area contributed by atoms with Crippen LogP contribution in [-0.2, 0) is 9.53 Å². The second kappa shape index (κ2) is 5.36. The van der Waals surface area contributed by atoms with Gasteiger partial charge in [-0.2, -0.15) is 0 Å². The predicted octanol–water partition coefficient (Wildman–Crippen LogP) is 1.60. The van der Waals surface area contributed by atoms with E-state index in [0.29, 0.717) is 17.9 Å². The first-order chi connectivity index (χ1) is 8.16. The van der Waals surface area contributed by atoms with Crippen molar-refractivity contribution in [2.75, 3.05) is 32.8 Å². The quantitative estimate of drug-likeness (QED) is 0.767. The van der Waals surface area contributed by atoms with E-state index in [1.807, 2.05) is 6.92 Å². The minimum atomic E-state index is -0.694. The maximum Gasteiger partial charge on any atom is 0.304 e. The van der Waals surface area contributed by atoms with E-state index >= 15 is 0 Å². The Morgan fingerprint density at radius 3 is 2.82 bits per heavy atom. The van der Waals surface area contributed by atoms with Crippen molar-refractivity contribution in [1.29, 1.82) is 0 Å². The third-order valence-electron chi connectivity index (χ3n) is 4.40. The Morgan fingerprint density at radius 2 is 2.29 bits per heavy atom. The Morgan fingerprint density at radius 1 is 1.53 bits per heavy atom. The SMILES string of the molecule is CCOCC1CN(CCC(=O)O)CC12CCC2. The summed E-state index contributed by atoms with van der Waals surface area (Å²) in [6.45, 7) is 6.46. The van der Waals surface area contributed by atoms with Crippen LogP contribution in [0, 0.1) is 11.3 Å². The van der Waals surface area contributed by atoms with Crippen LogP contribution in [0.3, 0.4) is 0 Å². The molecule has 2 fully saturated rings. The van der Waals surface area contributed by atoms with Crippen molar-refractivity contribution in [2.24, 2.45) is 11.3 Å². The lowest BCUT2D eigenvalue weighted by Gasteiger charge is -2.43. The van der Waals surface area contributed by atoms with Crippen molar-refractivity contribution in [3.05, 3.63) is 0 Å². The molecule has 1 aliphatic carbocycles.